The summed E-state index contributed by atoms with van der Waals surface area (Å²) in [5, 5.41) is 9.16. The quantitative estimate of drug-likeness (QED) is 0.411. The first-order chi connectivity index (χ1) is 16.5. The average Bonchev–Trinajstić information content (AvgIpc) is 2.82. The molecule has 0 saturated carbocycles. The third-order valence-corrected chi connectivity index (χ3v) is 6.13. The maximum atomic E-state index is 12.4. The molecule has 0 spiro atoms. The molecule has 178 valence electrons. The number of carbonyl (C=O) groups excluding carboxylic acids is 1. The normalized spacial score (nSPS) is 14.4. The molecular weight excluding hydrogens is 452 g/mol. The molecular formula is C25H29ClN6O2. The van der Waals surface area contributed by atoms with E-state index in [-0.39, 0.29) is 0 Å². The van der Waals surface area contributed by atoms with E-state index < -0.39 is 6.03 Å². The second-order valence-electron chi connectivity index (χ2n) is 8.51. The van der Waals surface area contributed by atoms with Gasteiger partial charge in [-0.3, -0.25) is 5.32 Å². The summed E-state index contributed by atoms with van der Waals surface area (Å²) in [6.45, 7) is 4.89. The summed E-state index contributed by atoms with van der Waals surface area (Å²) in [5.74, 6) is 2.37. The lowest BCUT2D eigenvalue weighted by molar-refractivity contribution is 0.160. The summed E-state index contributed by atoms with van der Waals surface area (Å²) < 4.78 is 5.98. The van der Waals surface area contributed by atoms with Crippen LogP contribution in [0.5, 0.6) is 5.75 Å². The van der Waals surface area contributed by atoms with Crippen LogP contribution in [0, 0.1) is 12.8 Å². The summed E-state index contributed by atoms with van der Waals surface area (Å²) in [5.41, 5.74) is 2.28. The Morgan fingerprint density at radius 2 is 1.82 bits per heavy atom. The van der Waals surface area contributed by atoms with Crippen molar-refractivity contribution in [2.24, 2.45) is 5.92 Å². The second kappa shape index (κ2) is 11.2. The van der Waals surface area contributed by atoms with Gasteiger partial charge in [0.1, 0.15) is 23.7 Å². The zero-order valence-corrected chi connectivity index (χ0v) is 20.1. The van der Waals surface area contributed by atoms with Crippen LogP contribution < -0.4 is 20.7 Å². The number of nitrogens with zero attached hydrogens (tertiary/aromatic N) is 3. The molecule has 0 atom stereocenters. The summed E-state index contributed by atoms with van der Waals surface area (Å²) in [6, 6.07) is 14.4. The predicted molar refractivity (Wildman–Crippen MR) is 136 cm³/mol. The first-order valence-electron chi connectivity index (χ1n) is 11.3. The highest BCUT2D eigenvalue weighted by atomic mass is 35.5. The third kappa shape index (κ3) is 6.59. The number of hydrogen-bond acceptors (Lipinski definition) is 6. The number of halogens is 1. The van der Waals surface area contributed by atoms with Gasteiger partial charge in [0.2, 0.25) is 0 Å². The molecule has 0 bridgehead atoms. The van der Waals surface area contributed by atoms with E-state index in [1.54, 1.807) is 12.1 Å². The lowest BCUT2D eigenvalue weighted by atomic mass is 9.98. The molecule has 34 heavy (non-hydrogen) atoms. The van der Waals surface area contributed by atoms with Crippen molar-refractivity contribution in [1.29, 1.82) is 0 Å². The van der Waals surface area contributed by atoms with E-state index in [1.165, 1.54) is 19.2 Å². The number of likely N-dealkylation sites (tertiary alicyclic amines) is 1. The minimum absolute atomic E-state index is 0.359. The average molecular weight is 481 g/mol. The number of aryl methyl sites for hydroxylation is 1. The number of nitrogens with one attached hydrogen (secondary N) is 3. The molecule has 8 nitrogen and oxygen atoms in total. The molecule has 1 aromatic heterocycles. The Morgan fingerprint density at radius 3 is 2.56 bits per heavy atom. The van der Waals surface area contributed by atoms with Crippen molar-refractivity contribution < 1.29 is 9.53 Å². The van der Waals surface area contributed by atoms with Crippen molar-refractivity contribution in [3.8, 4) is 5.75 Å². The van der Waals surface area contributed by atoms with Crippen molar-refractivity contribution in [3.05, 3.63) is 65.4 Å². The van der Waals surface area contributed by atoms with Crippen LogP contribution in [-0.2, 0) is 0 Å². The van der Waals surface area contributed by atoms with Gasteiger partial charge in [-0.15, -0.1) is 0 Å². The van der Waals surface area contributed by atoms with Gasteiger partial charge in [0, 0.05) is 11.8 Å². The van der Waals surface area contributed by atoms with Crippen LogP contribution in [0.1, 0.15) is 18.4 Å². The number of rotatable bonds is 7. The van der Waals surface area contributed by atoms with Gasteiger partial charge in [-0.2, -0.15) is 0 Å². The van der Waals surface area contributed by atoms with Gasteiger partial charge < -0.3 is 20.3 Å². The second-order valence-corrected chi connectivity index (χ2v) is 8.91. The van der Waals surface area contributed by atoms with E-state index in [9.17, 15) is 4.79 Å². The Hall–Kier alpha value is -3.36. The standard InChI is InChI=1S/C25H29ClN6O2/c1-17-4-3-5-21(26)24(17)31-25(33)30-23-14-22(27-16-28-23)29-19-6-8-20(9-7-19)34-15-18-10-12-32(2)13-11-18/h3-9,14,16,18H,10-13,15H2,1-2H3,(H3,27,28,29,30,31,33). The minimum Gasteiger partial charge on any atom is -0.493 e. The zero-order valence-electron chi connectivity index (χ0n) is 19.3. The first-order valence-corrected chi connectivity index (χ1v) is 11.7. The van der Waals surface area contributed by atoms with Gasteiger partial charge in [0.15, 0.2) is 0 Å². The predicted octanol–water partition coefficient (Wildman–Crippen LogP) is 5.55. The number of para-hydroxylation sites is 1. The molecule has 2 amide bonds. The largest absolute Gasteiger partial charge is 0.493 e. The number of anilines is 4. The van der Waals surface area contributed by atoms with Crippen LogP contribution in [0.3, 0.4) is 0 Å². The Balaban J connectivity index is 1.30. The first kappa shape index (κ1) is 23.8. The van der Waals surface area contributed by atoms with Gasteiger partial charge in [0.05, 0.1) is 17.3 Å². The number of amides is 2. The Morgan fingerprint density at radius 1 is 1.09 bits per heavy atom. The molecule has 0 radical (unpaired) electrons. The molecule has 3 N–H and O–H groups in total. The van der Waals surface area contributed by atoms with Crippen LogP contribution in [0.2, 0.25) is 5.02 Å². The fourth-order valence-corrected chi connectivity index (χ4v) is 4.04. The van der Waals surface area contributed by atoms with Gasteiger partial charge in [-0.25, -0.2) is 14.8 Å². The van der Waals surface area contributed by atoms with Crippen LogP contribution in [0.25, 0.3) is 0 Å². The molecule has 4 rings (SSSR count). The number of hydrogen-bond donors (Lipinski definition) is 3. The highest BCUT2D eigenvalue weighted by Crippen LogP contribution is 2.26. The van der Waals surface area contributed by atoms with Gasteiger partial charge in [-0.05, 0) is 81.7 Å². The maximum Gasteiger partial charge on any atom is 0.324 e. The van der Waals surface area contributed by atoms with E-state index in [0.29, 0.717) is 28.3 Å². The molecule has 2 heterocycles. The monoisotopic (exact) mass is 480 g/mol. The zero-order chi connectivity index (χ0) is 23.9. The number of carbonyl (C=O) groups is 1. The highest BCUT2D eigenvalue weighted by molar-refractivity contribution is 6.34. The molecule has 2 aromatic carbocycles. The molecule has 1 aliphatic rings. The van der Waals surface area contributed by atoms with Gasteiger partial charge in [-0.1, -0.05) is 23.7 Å². The lowest BCUT2D eigenvalue weighted by Gasteiger charge is -2.28. The fourth-order valence-electron chi connectivity index (χ4n) is 3.77. The van der Waals surface area contributed by atoms with Gasteiger partial charge in [0.25, 0.3) is 0 Å². The number of piperidine rings is 1. The van der Waals surface area contributed by atoms with Crippen molar-refractivity contribution in [2.45, 2.75) is 19.8 Å². The highest BCUT2D eigenvalue weighted by Gasteiger charge is 2.17. The van der Waals surface area contributed by atoms with E-state index in [2.05, 4.69) is 37.9 Å². The molecule has 3 aromatic rings. The molecule has 9 heteroatoms. The third-order valence-electron chi connectivity index (χ3n) is 5.82. The number of aromatic nitrogens is 2. The van der Waals surface area contributed by atoms with Crippen molar-refractivity contribution in [1.82, 2.24) is 14.9 Å². The number of ether oxygens (including phenoxy) is 1. The molecule has 0 aliphatic carbocycles. The van der Waals surface area contributed by atoms with Crippen LogP contribution >= 0.6 is 11.6 Å². The van der Waals surface area contributed by atoms with Crippen LogP contribution in [-0.4, -0.2) is 47.6 Å². The minimum atomic E-state index is -0.438. The number of benzene rings is 2. The van der Waals surface area contributed by atoms with Gasteiger partial charge >= 0.3 is 6.03 Å². The molecule has 1 saturated heterocycles. The van der Waals surface area contributed by atoms with Crippen LogP contribution in [0.4, 0.5) is 27.8 Å². The lowest BCUT2D eigenvalue weighted by Crippen LogP contribution is -2.32. The summed E-state index contributed by atoms with van der Waals surface area (Å²) in [6.07, 6.45) is 3.74. The van der Waals surface area contributed by atoms with Crippen molar-refractivity contribution in [3.63, 3.8) is 0 Å². The maximum absolute atomic E-state index is 12.4. The van der Waals surface area contributed by atoms with E-state index in [1.807, 2.05) is 43.3 Å². The Kier molecular flexibility index (Phi) is 7.82. The number of urea groups is 1. The fraction of sp³-hybridized carbons (Fsp3) is 0.320. The molecule has 1 fully saturated rings. The molecule has 0 unspecified atom stereocenters. The Bertz CT molecular complexity index is 1100. The van der Waals surface area contributed by atoms with Crippen molar-refractivity contribution in [2.75, 3.05) is 42.7 Å². The summed E-state index contributed by atoms with van der Waals surface area (Å²) in [7, 11) is 2.16. The summed E-state index contributed by atoms with van der Waals surface area (Å²) in [4.78, 5) is 23.1. The molecule has 1 aliphatic heterocycles. The van der Waals surface area contributed by atoms with E-state index >= 15 is 0 Å². The van der Waals surface area contributed by atoms with Crippen molar-refractivity contribution >= 4 is 40.6 Å². The Labute approximate surface area is 204 Å². The summed E-state index contributed by atoms with van der Waals surface area (Å²) >= 11 is 6.18. The van der Waals surface area contributed by atoms with E-state index in [4.69, 9.17) is 16.3 Å². The smallest absolute Gasteiger partial charge is 0.324 e. The SMILES string of the molecule is Cc1cccc(Cl)c1NC(=O)Nc1cc(Nc2ccc(OCC3CCN(C)CC3)cc2)ncn1. The van der Waals surface area contributed by atoms with E-state index in [0.717, 1.165) is 36.7 Å². The van der Waals surface area contributed by atoms with Crippen LogP contribution in [0.15, 0.2) is 54.9 Å². The topological polar surface area (TPSA) is 91.4 Å².